The smallest absolute Gasteiger partial charge is 0.230 e. The van der Waals surface area contributed by atoms with E-state index in [2.05, 4.69) is 12.2 Å². The maximum Gasteiger partial charge on any atom is 0.230 e. The summed E-state index contributed by atoms with van der Waals surface area (Å²) in [6.45, 7) is 2.11. The van der Waals surface area contributed by atoms with Crippen LogP contribution in [0.15, 0.2) is 36.4 Å². The second-order valence-corrected chi connectivity index (χ2v) is 6.88. The summed E-state index contributed by atoms with van der Waals surface area (Å²) in [4.78, 5) is 12.7. The highest BCUT2D eigenvalue weighted by Crippen LogP contribution is 2.46. The third-order valence-electron chi connectivity index (χ3n) is 5.03. The second kappa shape index (κ2) is 8.97. The zero-order valence-electron chi connectivity index (χ0n) is 16.5. The van der Waals surface area contributed by atoms with Gasteiger partial charge in [0.2, 0.25) is 5.91 Å². The van der Waals surface area contributed by atoms with Gasteiger partial charge in [-0.15, -0.1) is 0 Å². The zero-order valence-corrected chi connectivity index (χ0v) is 16.5. The summed E-state index contributed by atoms with van der Waals surface area (Å²) >= 11 is 0. The van der Waals surface area contributed by atoms with Gasteiger partial charge in [0.05, 0.1) is 31.9 Å². The molecule has 6 heteroatoms. The number of unbranched alkanes of at least 4 members (excludes halogenated alkanes) is 2. The highest BCUT2D eigenvalue weighted by Gasteiger charge is 2.36. The molecule has 3 rings (SSSR count). The van der Waals surface area contributed by atoms with Crippen LogP contribution >= 0.6 is 0 Å². The fourth-order valence-electron chi connectivity index (χ4n) is 3.48. The van der Waals surface area contributed by atoms with Crippen LogP contribution in [0.5, 0.6) is 23.0 Å². The van der Waals surface area contributed by atoms with Gasteiger partial charge in [0.25, 0.3) is 0 Å². The summed E-state index contributed by atoms with van der Waals surface area (Å²) in [5, 5.41) is 13.8. The number of amides is 1. The minimum atomic E-state index is -0.907. The van der Waals surface area contributed by atoms with Crippen LogP contribution < -0.4 is 19.5 Å². The zero-order chi connectivity index (χ0) is 20.1. The Balaban J connectivity index is 1.97. The Hall–Kier alpha value is -2.73. The summed E-state index contributed by atoms with van der Waals surface area (Å²) in [6, 6.07) is 10.7. The minimum absolute atomic E-state index is 0.189. The van der Waals surface area contributed by atoms with Gasteiger partial charge in [-0.2, -0.15) is 0 Å². The van der Waals surface area contributed by atoms with E-state index in [1.54, 1.807) is 38.5 Å². The summed E-state index contributed by atoms with van der Waals surface area (Å²) in [5.41, 5.74) is 1.07. The average Bonchev–Trinajstić information content (AvgIpc) is 2.71. The molecule has 1 amide bonds. The molecular weight excluding hydrogens is 358 g/mol. The Kier molecular flexibility index (Phi) is 6.41. The van der Waals surface area contributed by atoms with Crippen molar-refractivity contribution in [2.24, 2.45) is 5.92 Å². The molecule has 1 aliphatic rings. The number of hydrogen-bond acceptors (Lipinski definition) is 5. The van der Waals surface area contributed by atoms with Crippen molar-refractivity contribution in [3.63, 3.8) is 0 Å². The van der Waals surface area contributed by atoms with Crippen LogP contribution in [-0.2, 0) is 4.79 Å². The first-order chi connectivity index (χ1) is 13.6. The number of carbonyl (C=O) groups excluding carboxylic acids is 1. The van der Waals surface area contributed by atoms with E-state index in [-0.39, 0.29) is 5.91 Å². The van der Waals surface area contributed by atoms with E-state index in [4.69, 9.17) is 14.2 Å². The summed E-state index contributed by atoms with van der Waals surface area (Å²) in [7, 11) is 3.12. The highest BCUT2D eigenvalue weighted by atomic mass is 16.5. The number of aliphatic hydroxyl groups excluding tert-OH is 1. The number of aliphatic hydroxyl groups is 1. The van der Waals surface area contributed by atoms with Crippen molar-refractivity contribution < 1.29 is 24.1 Å². The summed E-state index contributed by atoms with van der Waals surface area (Å²) < 4.78 is 16.8. The first-order valence-electron chi connectivity index (χ1n) is 9.60. The number of ether oxygens (including phenoxy) is 3. The number of carbonyl (C=O) groups is 1. The number of benzene rings is 2. The lowest BCUT2D eigenvalue weighted by Gasteiger charge is -2.31. The SMILES string of the molecule is CCCCCC1C(=O)Nc2c(Oc3ccccc3OC)cc(OC)cc2C1O. The van der Waals surface area contributed by atoms with Gasteiger partial charge in [0, 0.05) is 11.6 Å². The molecule has 2 N–H and O–H groups in total. The fraction of sp³-hybridized carbons (Fsp3) is 0.409. The molecule has 0 saturated carbocycles. The van der Waals surface area contributed by atoms with Crippen molar-refractivity contribution in [2.45, 2.75) is 38.7 Å². The molecule has 0 aliphatic carbocycles. The molecule has 0 bridgehead atoms. The topological polar surface area (TPSA) is 77.0 Å². The Bertz CT molecular complexity index is 836. The van der Waals surface area contributed by atoms with E-state index in [0.29, 0.717) is 40.7 Å². The van der Waals surface area contributed by atoms with Crippen LogP contribution in [0, 0.1) is 5.92 Å². The first-order valence-corrected chi connectivity index (χ1v) is 9.60. The van der Waals surface area contributed by atoms with E-state index in [0.717, 1.165) is 19.3 Å². The minimum Gasteiger partial charge on any atom is -0.497 e. The van der Waals surface area contributed by atoms with Gasteiger partial charge in [0.15, 0.2) is 17.2 Å². The number of fused-ring (bicyclic) bond motifs is 1. The van der Waals surface area contributed by atoms with E-state index in [9.17, 15) is 9.90 Å². The van der Waals surface area contributed by atoms with Crippen LogP contribution in [0.25, 0.3) is 0 Å². The van der Waals surface area contributed by atoms with E-state index in [1.165, 1.54) is 0 Å². The lowest BCUT2D eigenvalue weighted by Crippen LogP contribution is -2.33. The molecule has 0 fully saturated rings. The number of nitrogens with one attached hydrogen (secondary N) is 1. The molecule has 28 heavy (non-hydrogen) atoms. The lowest BCUT2D eigenvalue weighted by molar-refractivity contribution is -0.124. The normalized spacial score (nSPS) is 18.2. The number of para-hydroxylation sites is 2. The highest BCUT2D eigenvalue weighted by molar-refractivity contribution is 5.98. The van der Waals surface area contributed by atoms with Crippen LogP contribution in [0.3, 0.4) is 0 Å². The first kappa shape index (κ1) is 20.0. The molecule has 2 atom stereocenters. The molecule has 0 aromatic heterocycles. The van der Waals surface area contributed by atoms with Gasteiger partial charge in [-0.25, -0.2) is 0 Å². The largest absolute Gasteiger partial charge is 0.497 e. The Morgan fingerprint density at radius 3 is 2.46 bits per heavy atom. The average molecular weight is 385 g/mol. The molecule has 150 valence electrons. The number of rotatable bonds is 8. The maximum absolute atomic E-state index is 12.7. The molecule has 2 aromatic rings. The van der Waals surface area contributed by atoms with Crippen molar-refractivity contribution in [1.82, 2.24) is 0 Å². The van der Waals surface area contributed by atoms with E-state index < -0.39 is 12.0 Å². The molecule has 2 aromatic carbocycles. The molecule has 0 spiro atoms. The standard InChI is InChI=1S/C22H27NO5/c1-4-5-6-9-15-21(24)16-12-14(26-2)13-19(20(16)23-22(15)25)28-18-11-8-7-10-17(18)27-3/h7-8,10-13,15,21,24H,4-6,9H2,1-3H3,(H,23,25). The summed E-state index contributed by atoms with van der Waals surface area (Å²) in [6.07, 6.45) is 2.72. The lowest BCUT2D eigenvalue weighted by atomic mass is 9.86. The van der Waals surface area contributed by atoms with Gasteiger partial charge in [-0.05, 0) is 24.6 Å². The Morgan fingerprint density at radius 1 is 1.04 bits per heavy atom. The van der Waals surface area contributed by atoms with Gasteiger partial charge in [-0.3, -0.25) is 4.79 Å². The van der Waals surface area contributed by atoms with Gasteiger partial charge < -0.3 is 24.6 Å². The van der Waals surface area contributed by atoms with Crippen LogP contribution in [-0.4, -0.2) is 25.2 Å². The van der Waals surface area contributed by atoms with Crippen LogP contribution in [0.1, 0.15) is 44.3 Å². The van der Waals surface area contributed by atoms with Crippen molar-refractivity contribution in [2.75, 3.05) is 19.5 Å². The van der Waals surface area contributed by atoms with Crippen molar-refractivity contribution in [3.05, 3.63) is 42.0 Å². The van der Waals surface area contributed by atoms with Crippen LogP contribution in [0.4, 0.5) is 5.69 Å². The van der Waals surface area contributed by atoms with Crippen molar-refractivity contribution in [1.29, 1.82) is 0 Å². The Morgan fingerprint density at radius 2 is 1.79 bits per heavy atom. The summed E-state index contributed by atoms with van der Waals surface area (Å²) in [5.74, 6) is 1.36. The molecule has 6 nitrogen and oxygen atoms in total. The predicted octanol–water partition coefficient (Wildman–Crippen LogP) is 4.68. The predicted molar refractivity (Wildman–Crippen MR) is 107 cm³/mol. The number of hydrogen-bond donors (Lipinski definition) is 2. The maximum atomic E-state index is 12.7. The fourth-order valence-corrected chi connectivity index (χ4v) is 3.48. The van der Waals surface area contributed by atoms with E-state index >= 15 is 0 Å². The Labute approximate surface area is 165 Å². The number of methoxy groups -OCH3 is 2. The van der Waals surface area contributed by atoms with Gasteiger partial charge in [0.1, 0.15) is 5.75 Å². The third kappa shape index (κ3) is 4.07. The molecule has 1 aliphatic heterocycles. The van der Waals surface area contributed by atoms with Crippen LogP contribution in [0.2, 0.25) is 0 Å². The molecule has 0 radical (unpaired) electrons. The molecule has 1 heterocycles. The van der Waals surface area contributed by atoms with Gasteiger partial charge >= 0.3 is 0 Å². The third-order valence-corrected chi connectivity index (χ3v) is 5.03. The van der Waals surface area contributed by atoms with Crippen molar-refractivity contribution >= 4 is 11.6 Å². The number of anilines is 1. The monoisotopic (exact) mass is 385 g/mol. The molecule has 2 unspecified atom stereocenters. The van der Waals surface area contributed by atoms with Crippen molar-refractivity contribution in [3.8, 4) is 23.0 Å². The van der Waals surface area contributed by atoms with E-state index in [1.807, 2.05) is 12.1 Å². The molecule has 0 saturated heterocycles. The quantitative estimate of drug-likeness (QED) is 0.645. The second-order valence-electron chi connectivity index (χ2n) is 6.88. The molecular formula is C22H27NO5. The van der Waals surface area contributed by atoms with Gasteiger partial charge in [-0.1, -0.05) is 38.3 Å².